The summed E-state index contributed by atoms with van der Waals surface area (Å²) in [6.45, 7) is 4.96. The summed E-state index contributed by atoms with van der Waals surface area (Å²) in [6.07, 6.45) is 5.39. The Morgan fingerprint density at radius 3 is 3.12 bits per heavy atom. The van der Waals surface area contributed by atoms with E-state index in [1.54, 1.807) is 12.4 Å². The standard InChI is InChI=1S/C16H23N5O2S/c1-3-13-8-18-15(23-13)11-20(2)12-4-6-21(9-12)10-14(22)19-16-17-5-7-24-16/h5,7-8,12H,3-4,6,9-11H2,1-2H3,(H,17,19,22)/t12-/m0/s1. The number of aromatic nitrogens is 2. The lowest BCUT2D eigenvalue weighted by Gasteiger charge is -2.23. The molecule has 1 fully saturated rings. The summed E-state index contributed by atoms with van der Waals surface area (Å²) < 4.78 is 5.68. The summed E-state index contributed by atoms with van der Waals surface area (Å²) in [5.74, 6) is 1.67. The van der Waals surface area contributed by atoms with E-state index in [2.05, 4.69) is 39.1 Å². The average molecular weight is 349 g/mol. The van der Waals surface area contributed by atoms with E-state index >= 15 is 0 Å². The van der Waals surface area contributed by atoms with Crippen LogP contribution < -0.4 is 5.32 Å². The minimum Gasteiger partial charge on any atom is -0.444 e. The molecule has 0 saturated carbocycles. The molecule has 0 radical (unpaired) electrons. The molecule has 1 N–H and O–H groups in total. The van der Waals surface area contributed by atoms with Crippen molar-refractivity contribution in [2.75, 3.05) is 32.0 Å². The largest absolute Gasteiger partial charge is 0.444 e. The number of rotatable bonds is 7. The Morgan fingerprint density at radius 2 is 2.42 bits per heavy atom. The van der Waals surface area contributed by atoms with Gasteiger partial charge < -0.3 is 9.73 Å². The number of hydrogen-bond donors (Lipinski definition) is 1. The van der Waals surface area contributed by atoms with Crippen LogP contribution in [0.25, 0.3) is 0 Å². The van der Waals surface area contributed by atoms with E-state index in [1.165, 1.54) is 11.3 Å². The fraction of sp³-hybridized carbons (Fsp3) is 0.562. The van der Waals surface area contributed by atoms with Gasteiger partial charge in [0.1, 0.15) is 5.76 Å². The summed E-state index contributed by atoms with van der Waals surface area (Å²) >= 11 is 1.43. The van der Waals surface area contributed by atoms with Crippen LogP contribution in [0.2, 0.25) is 0 Å². The molecule has 0 unspecified atom stereocenters. The molecule has 130 valence electrons. The van der Waals surface area contributed by atoms with Gasteiger partial charge in [-0.1, -0.05) is 6.92 Å². The van der Waals surface area contributed by atoms with Crippen molar-refractivity contribution in [3.05, 3.63) is 29.4 Å². The van der Waals surface area contributed by atoms with Gasteiger partial charge in [-0.15, -0.1) is 11.3 Å². The molecule has 1 atom stereocenters. The Hall–Kier alpha value is -1.77. The Morgan fingerprint density at radius 1 is 1.54 bits per heavy atom. The number of hydrogen-bond acceptors (Lipinski definition) is 7. The molecule has 0 aliphatic carbocycles. The van der Waals surface area contributed by atoms with Gasteiger partial charge in [0.05, 0.1) is 19.3 Å². The molecule has 24 heavy (non-hydrogen) atoms. The zero-order valence-corrected chi connectivity index (χ0v) is 14.9. The van der Waals surface area contributed by atoms with Gasteiger partial charge in [-0.05, 0) is 13.5 Å². The van der Waals surface area contributed by atoms with Crippen LogP contribution in [0.4, 0.5) is 5.13 Å². The highest BCUT2D eigenvalue weighted by Crippen LogP contribution is 2.17. The van der Waals surface area contributed by atoms with Crippen molar-refractivity contribution in [3.8, 4) is 0 Å². The fourth-order valence-corrected chi connectivity index (χ4v) is 3.43. The van der Waals surface area contributed by atoms with E-state index in [-0.39, 0.29) is 5.91 Å². The van der Waals surface area contributed by atoms with E-state index in [0.717, 1.165) is 37.6 Å². The number of aryl methyl sites for hydroxylation is 1. The monoisotopic (exact) mass is 349 g/mol. The Bertz CT molecular complexity index is 657. The van der Waals surface area contributed by atoms with Gasteiger partial charge in [0, 0.05) is 37.1 Å². The summed E-state index contributed by atoms with van der Waals surface area (Å²) in [5.41, 5.74) is 0. The fourth-order valence-electron chi connectivity index (χ4n) is 2.89. The van der Waals surface area contributed by atoms with Crippen LogP contribution >= 0.6 is 11.3 Å². The van der Waals surface area contributed by atoms with Crippen molar-refractivity contribution < 1.29 is 9.21 Å². The molecule has 2 aromatic heterocycles. The maximum Gasteiger partial charge on any atom is 0.240 e. The minimum atomic E-state index is -0.00598. The van der Waals surface area contributed by atoms with Crippen molar-refractivity contribution in [1.82, 2.24) is 19.8 Å². The zero-order valence-electron chi connectivity index (χ0n) is 14.1. The highest BCUT2D eigenvalue weighted by Gasteiger charge is 2.27. The lowest BCUT2D eigenvalue weighted by molar-refractivity contribution is -0.117. The molecule has 0 aromatic carbocycles. The SMILES string of the molecule is CCc1cnc(CN(C)[C@H]2CCN(CC(=O)Nc3nccs3)C2)o1. The molecule has 1 aliphatic rings. The molecule has 2 aromatic rings. The molecular weight excluding hydrogens is 326 g/mol. The number of carbonyl (C=O) groups is 1. The van der Waals surface area contributed by atoms with Crippen LogP contribution in [-0.2, 0) is 17.8 Å². The van der Waals surface area contributed by atoms with Crippen LogP contribution in [0.3, 0.4) is 0 Å². The van der Waals surface area contributed by atoms with Gasteiger partial charge >= 0.3 is 0 Å². The quantitative estimate of drug-likeness (QED) is 0.822. The summed E-state index contributed by atoms with van der Waals surface area (Å²) in [7, 11) is 2.08. The number of anilines is 1. The van der Waals surface area contributed by atoms with Crippen LogP contribution in [0.15, 0.2) is 22.2 Å². The summed E-state index contributed by atoms with van der Waals surface area (Å²) in [4.78, 5) is 24.9. The molecule has 3 rings (SSSR count). The second kappa shape index (κ2) is 7.87. The van der Waals surface area contributed by atoms with E-state index in [1.807, 2.05) is 5.38 Å². The highest BCUT2D eigenvalue weighted by atomic mass is 32.1. The summed E-state index contributed by atoms with van der Waals surface area (Å²) in [6, 6.07) is 0.412. The third kappa shape index (κ3) is 4.40. The van der Waals surface area contributed by atoms with E-state index in [9.17, 15) is 4.79 Å². The second-order valence-electron chi connectivity index (χ2n) is 6.05. The van der Waals surface area contributed by atoms with Gasteiger partial charge in [0.15, 0.2) is 5.13 Å². The molecule has 0 bridgehead atoms. The smallest absolute Gasteiger partial charge is 0.240 e. The van der Waals surface area contributed by atoms with Crippen LogP contribution in [0.1, 0.15) is 25.0 Å². The minimum absolute atomic E-state index is 0.00598. The van der Waals surface area contributed by atoms with Crippen molar-refractivity contribution in [2.24, 2.45) is 0 Å². The first-order valence-electron chi connectivity index (χ1n) is 8.19. The van der Waals surface area contributed by atoms with Crippen LogP contribution in [0.5, 0.6) is 0 Å². The van der Waals surface area contributed by atoms with Crippen molar-refractivity contribution in [3.63, 3.8) is 0 Å². The molecule has 3 heterocycles. The predicted molar refractivity (Wildman–Crippen MR) is 92.9 cm³/mol. The van der Waals surface area contributed by atoms with Gasteiger partial charge in [0.2, 0.25) is 11.8 Å². The van der Waals surface area contributed by atoms with E-state index in [4.69, 9.17) is 4.42 Å². The molecule has 8 heteroatoms. The molecule has 7 nitrogen and oxygen atoms in total. The third-order valence-corrected chi connectivity index (χ3v) is 4.94. The first kappa shape index (κ1) is 17.1. The number of nitrogens with one attached hydrogen (secondary N) is 1. The maximum absolute atomic E-state index is 12.0. The number of nitrogens with zero attached hydrogens (tertiary/aromatic N) is 4. The Balaban J connectivity index is 1.45. The number of likely N-dealkylation sites (N-methyl/N-ethyl adjacent to an activating group) is 1. The molecular formula is C16H23N5O2S. The van der Waals surface area contributed by atoms with Gasteiger partial charge in [0.25, 0.3) is 0 Å². The van der Waals surface area contributed by atoms with Gasteiger partial charge in [-0.2, -0.15) is 0 Å². The number of likely N-dealkylation sites (tertiary alicyclic amines) is 1. The lowest BCUT2D eigenvalue weighted by atomic mass is 10.2. The molecule has 1 aliphatic heterocycles. The van der Waals surface area contributed by atoms with Gasteiger partial charge in [-0.25, -0.2) is 9.97 Å². The number of amides is 1. The molecule has 0 spiro atoms. The van der Waals surface area contributed by atoms with Crippen molar-refractivity contribution >= 4 is 22.4 Å². The predicted octanol–water partition coefficient (Wildman–Crippen LogP) is 1.84. The first-order chi connectivity index (χ1) is 11.6. The van der Waals surface area contributed by atoms with Crippen LogP contribution in [-0.4, -0.2) is 58.4 Å². The summed E-state index contributed by atoms with van der Waals surface area (Å²) in [5, 5.41) is 5.34. The van der Waals surface area contributed by atoms with E-state index in [0.29, 0.717) is 24.3 Å². The van der Waals surface area contributed by atoms with Crippen molar-refractivity contribution in [1.29, 1.82) is 0 Å². The normalized spacial score (nSPS) is 18.4. The highest BCUT2D eigenvalue weighted by molar-refractivity contribution is 7.13. The van der Waals surface area contributed by atoms with E-state index < -0.39 is 0 Å². The van der Waals surface area contributed by atoms with Crippen molar-refractivity contribution in [2.45, 2.75) is 32.4 Å². The number of thiazole rings is 1. The zero-order chi connectivity index (χ0) is 16.9. The lowest BCUT2D eigenvalue weighted by Crippen LogP contribution is -2.36. The number of oxazole rings is 1. The molecule has 1 saturated heterocycles. The number of carbonyl (C=O) groups excluding carboxylic acids is 1. The second-order valence-corrected chi connectivity index (χ2v) is 6.95. The molecule has 1 amide bonds. The Kier molecular flexibility index (Phi) is 5.60. The van der Waals surface area contributed by atoms with Gasteiger partial charge in [-0.3, -0.25) is 14.6 Å². The maximum atomic E-state index is 12.0. The average Bonchev–Trinajstić information content (AvgIpc) is 3.28. The topological polar surface area (TPSA) is 74.5 Å². The third-order valence-electron chi connectivity index (χ3n) is 4.25. The van der Waals surface area contributed by atoms with Crippen LogP contribution in [0, 0.1) is 0 Å². The Labute approximate surface area is 145 Å². The first-order valence-corrected chi connectivity index (χ1v) is 9.07.